The van der Waals surface area contributed by atoms with Crippen molar-refractivity contribution < 1.29 is 14.6 Å². The number of hydrogen-bond acceptors (Lipinski definition) is 3. The summed E-state index contributed by atoms with van der Waals surface area (Å²) in [6, 6.07) is 7.61. The molecule has 1 aromatic rings. The molecule has 4 heteroatoms. The summed E-state index contributed by atoms with van der Waals surface area (Å²) in [6.45, 7) is 0.417. The summed E-state index contributed by atoms with van der Waals surface area (Å²) in [4.78, 5) is 12.1. The van der Waals surface area contributed by atoms with Gasteiger partial charge in [0.15, 0.2) is 0 Å². The number of hydrogen-bond donors (Lipinski definition) is 2. The van der Waals surface area contributed by atoms with Gasteiger partial charge in [-0.3, -0.25) is 4.79 Å². The Balaban J connectivity index is 1.76. The number of ether oxygens (including phenoxy) is 1. The number of carbonyl (C=O) groups is 1. The van der Waals surface area contributed by atoms with Gasteiger partial charge in [-0.15, -0.1) is 0 Å². The van der Waals surface area contributed by atoms with Gasteiger partial charge in [-0.25, -0.2) is 0 Å². The van der Waals surface area contributed by atoms with Crippen molar-refractivity contribution >= 4 is 5.91 Å². The molecule has 0 aromatic heterocycles. The molecule has 1 aromatic carbocycles. The molecule has 1 aliphatic heterocycles. The molecule has 17 heavy (non-hydrogen) atoms. The molecule has 1 atom stereocenters. The molecular weight excluding hydrogens is 218 g/mol. The smallest absolute Gasteiger partial charge is 0.231 e. The molecule has 0 bridgehead atoms. The molecule has 1 aliphatic carbocycles. The fourth-order valence-electron chi connectivity index (χ4n) is 2.20. The Morgan fingerprint density at radius 3 is 2.94 bits per heavy atom. The minimum absolute atomic E-state index is 0.0218. The van der Waals surface area contributed by atoms with Crippen molar-refractivity contribution in [2.75, 3.05) is 13.2 Å². The fraction of sp³-hybridized carbons (Fsp3) is 0.462. The summed E-state index contributed by atoms with van der Waals surface area (Å²) in [6.07, 6.45) is 1.73. The highest BCUT2D eigenvalue weighted by atomic mass is 16.5. The van der Waals surface area contributed by atoms with Crippen molar-refractivity contribution in [2.24, 2.45) is 0 Å². The minimum atomic E-state index is -0.353. The average Bonchev–Trinajstić information content (AvgIpc) is 2.99. The quantitative estimate of drug-likeness (QED) is 0.812. The van der Waals surface area contributed by atoms with E-state index in [1.165, 1.54) is 0 Å². The van der Waals surface area contributed by atoms with Crippen molar-refractivity contribution in [3.05, 3.63) is 29.8 Å². The maximum absolute atomic E-state index is 12.1. The first kappa shape index (κ1) is 10.6. The molecule has 1 amide bonds. The van der Waals surface area contributed by atoms with Crippen LogP contribution in [0.5, 0.6) is 5.75 Å². The Hall–Kier alpha value is -1.55. The van der Waals surface area contributed by atoms with Gasteiger partial charge in [0, 0.05) is 5.56 Å². The number of aliphatic hydroxyl groups is 1. The second-order valence-electron chi connectivity index (χ2n) is 4.83. The monoisotopic (exact) mass is 233 g/mol. The van der Waals surface area contributed by atoms with Crippen LogP contribution in [0.15, 0.2) is 24.3 Å². The summed E-state index contributed by atoms with van der Waals surface area (Å²) >= 11 is 0. The number of nitrogens with one attached hydrogen (secondary N) is 1. The molecule has 1 fully saturated rings. The summed E-state index contributed by atoms with van der Waals surface area (Å²) in [5.41, 5.74) is 0.591. The SMILES string of the molecule is O=C(NC1(CO)CC1)C1COc2ccccc21. The first-order valence-corrected chi connectivity index (χ1v) is 5.89. The third-order valence-electron chi connectivity index (χ3n) is 3.56. The van der Waals surface area contributed by atoms with Crippen LogP contribution in [0.25, 0.3) is 0 Å². The lowest BCUT2D eigenvalue weighted by atomic mass is 10.00. The van der Waals surface area contributed by atoms with Crippen LogP contribution in [0.4, 0.5) is 0 Å². The van der Waals surface area contributed by atoms with Gasteiger partial charge in [0.25, 0.3) is 0 Å². The molecule has 1 unspecified atom stereocenters. The van der Waals surface area contributed by atoms with Crippen LogP contribution >= 0.6 is 0 Å². The molecule has 4 nitrogen and oxygen atoms in total. The van der Waals surface area contributed by atoms with E-state index in [0.717, 1.165) is 24.2 Å². The first-order valence-electron chi connectivity index (χ1n) is 5.89. The van der Waals surface area contributed by atoms with E-state index < -0.39 is 0 Å². The predicted molar refractivity (Wildman–Crippen MR) is 61.9 cm³/mol. The molecule has 0 saturated heterocycles. The summed E-state index contributed by atoms with van der Waals surface area (Å²) in [5, 5.41) is 12.1. The lowest BCUT2D eigenvalue weighted by Crippen LogP contribution is -2.42. The van der Waals surface area contributed by atoms with Gasteiger partial charge in [0.2, 0.25) is 5.91 Å². The van der Waals surface area contributed by atoms with Gasteiger partial charge < -0.3 is 15.2 Å². The number of carbonyl (C=O) groups excluding carboxylic acids is 1. The number of amides is 1. The molecule has 2 aliphatic rings. The van der Waals surface area contributed by atoms with E-state index in [4.69, 9.17) is 4.74 Å². The van der Waals surface area contributed by atoms with E-state index >= 15 is 0 Å². The Morgan fingerprint density at radius 2 is 2.24 bits per heavy atom. The van der Waals surface area contributed by atoms with E-state index in [-0.39, 0.29) is 24.0 Å². The van der Waals surface area contributed by atoms with Gasteiger partial charge in [-0.1, -0.05) is 18.2 Å². The normalized spacial score (nSPS) is 23.7. The van der Waals surface area contributed by atoms with E-state index in [2.05, 4.69) is 5.32 Å². The van der Waals surface area contributed by atoms with Crippen molar-refractivity contribution in [1.29, 1.82) is 0 Å². The number of aliphatic hydroxyl groups excluding tert-OH is 1. The lowest BCUT2D eigenvalue weighted by Gasteiger charge is -2.17. The fourth-order valence-corrected chi connectivity index (χ4v) is 2.20. The van der Waals surface area contributed by atoms with Crippen LogP contribution < -0.4 is 10.1 Å². The zero-order valence-electron chi connectivity index (χ0n) is 9.48. The van der Waals surface area contributed by atoms with Crippen LogP contribution in [0.3, 0.4) is 0 Å². The second kappa shape index (κ2) is 3.74. The molecule has 2 N–H and O–H groups in total. The number of benzene rings is 1. The summed E-state index contributed by atoms with van der Waals surface area (Å²) in [5.74, 6) is 0.512. The summed E-state index contributed by atoms with van der Waals surface area (Å²) in [7, 11) is 0. The van der Waals surface area contributed by atoms with Gasteiger partial charge in [-0.05, 0) is 18.9 Å². The van der Waals surface area contributed by atoms with Gasteiger partial charge in [0.05, 0.1) is 12.1 Å². The van der Waals surface area contributed by atoms with Crippen LogP contribution in [0.1, 0.15) is 24.3 Å². The largest absolute Gasteiger partial charge is 0.492 e. The third kappa shape index (κ3) is 1.78. The highest BCUT2D eigenvalue weighted by molar-refractivity contribution is 5.86. The second-order valence-corrected chi connectivity index (χ2v) is 4.83. The van der Waals surface area contributed by atoms with E-state index in [1.807, 2.05) is 24.3 Å². The van der Waals surface area contributed by atoms with Crippen LogP contribution in [0.2, 0.25) is 0 Å². The first-order chi connectivity index (χ1) is 8.24. The minimum Gasteiger partial charge on any atom is -0.492 e. The molecular formula is C13H15NO3. The molecule has 0 radical (unpaired) electrons. The Bertz CT molecular complexity index is 454. The van der Waals surface area contributed by atoms with Crippen LogP contribution in [-0.2, 0) is 4.79 Å². The molecule has 3 rings (SSSR count). The van der Waals surface area contributed by atoms with Crippen molar-refractivity contribution in [1.82, 2.24) is 5.32 Å². The molecule has 1 saturated carbocycles. The van der Waals surface area contributed by atoms with Gasteiger partial charge >= 0.3 is 0 Å². The van der Waals surface area contributed by atoms with E-state index in [0.29, 0.717) is 6.61 Å². The standard InChI is InChI=1S/C13H15NO3/c15-8-13(5-6-13)14-12(16)10-7-17-11-4-2-1-3-9(10)11/h1-4,10,15H,5-8H2,(H,14,16). The van der Waals surface area contributed by atoms with Crippen molar-refractivity contribution in [3.63, 3.8) is 0 Å². The molecule has 1 heterocycles. The average molecular weight is 233 g/mol. The van der Waals surface area contributed by atoms with E-state index in [1.54, 1.807) is 0 Å². The van der Waals surface area contributed by atoms with Crippen LogP contribution in [-0.4, -0.2) is 29.8 Å². The zero-order chi connectivity index (χ0) is 11.9. The molecule has 90 valence electrons. The maximum Gasteiger partial charge on any atom is 0.231 e. The van der Waals surface area contributed by atoms with Gasteiger partial charge in [0.1, 0.15) is 18.3 Å². The van der Waals surface area contributed by atoms with Crippen LogP contribution in [0, 0.1) is 0 Å². The number of para-hydroxylation sites is 1. The van der Waals surface area contributed by atoms with Crippen molar-refractivity contribution in [3.8, 4) is 5.75 Å². The Kier molecular flexibility index (Phi) is 2.33. The Labute approximate surface area is 99.6 Å². The summed E-state index contributed by atoms with van der Waals surface area (Å²) < 4.78 is 5.48. The number of fused-ring (bicyclic) bond motifs is 1. The van der Waals surface area contributed by atoms with E-state index in [9.17, 15) is 9.90 Å². The Morgan fingerprint density at radius 1 is 1.47 bits per heavy atom. The number of rotatable bonds is 3. The van der Waals surface area contributed by atoms with Gasteiger partial charge in [-0.2, -0.15) is 0 Å². The molecule has 0 spiro atoms. The zero-order valence-corrected chi connectivity index (χ0v) is 9.48. The van der Waals surface area contributed by atoms with Crippen molar-refractivity contribution in [2.45, 2.75) is 24.3 Å². The lowest BCUT2D eigenvalue weighted by molar-refractivity contribution is -0.124. The highest BCUT2D eigenvalue weighted by Crippen LogP contribution is 2.38. The highest BCUT2D eigenvalue weighted by Gasteiger charge is 2.45. The third-order valence-corrected chi connectivity index (χ3v) is 3.56. The maximum atomic E-state index is 12.1. The topological polar surface area (TPSA) is 58.6 Å². The predicted octanol–water partition coefficient (Wildman–Crippen LogP) is 0.804.